The molecule has 2 atom stereocenters. The van der Waals surface area contributed by atoms with Crippen LogP contribution in [0.2, 0.25) is 0 Å². The molecule has 1 heterocycles. The van der Waals surface area contributed by atoms with Crippen LogP contribution in [-0.2, 0) is 20.6 Å². The van der Waals surface area contributed by atoms with Crippen LogP contribution in [-0.4, -0.2) is 34.1 Å². The van der Waals surface area contributed by atoms with Gasteiger partial charge in [0.05, 0.1) is 31.1 Å². The Morgan fingerprint density at radius 3 is 2.51 bits per heavy atom. The summed E-state index contributed by atoms with van der Waals surface area (Å²) in [7, 11) is -2.13. The van der Waals surface area contributed by atoms with Crippen LogP contribution >= 0.6 is 0 Å². The van der Waals surface area contributed by atoms with Crippen molar-refractivity contribution in [1.29, 1.82) is 0 Å². The van der Waals surface area contributed by atoms with E-state index in [0.717, 1.165) is 16.9 Å². The Kier molecular flexibility index (Phi) is 7.31. The van der Waals surface area contributed by atoms with E-state index in [1.807, 2.05) is 38.1 Å². The van der Waals surface area contributed by atoms with Crippen molar-refractivity contribution in [2.75, 3.05) is 18.0 Å². The fourth-order valence-electron chi connectivity index (χ4n) is 4.27. The zero-order valence-electron chi connectivity index (χ0n) is 20.1. The van der Waals surface area contributed by atoms with Crippen molar-refractivity contribution >= 4 is 21.6 Å². The lowest BCUT2D eigenvalue weighted by Crippen LogP contribution is -2.51. The van der Waals surface area contributed by atoms with Gasteiger partial charge in [0, 0.05) is 0 Å². The number of carbonyl (C=O) groups excluding carboxylic acids is 1. The lowest BCUT2D eigenvalue weighted by atomic mass is 10.0. The third-order valence-electron chi connectivity index (χ3n) is 6.10. The van der Waals surface area contributed by atoms with Crippen molar-refractivity contribution < 1.29 is 22.7 Å². The molecule has 0 unspecified atom stereocenters. The van der Waals surface area contributed by atoms with E-state index >= 15 is 0 Å². The molecule has 0 fully saturated rings. The molecule has 1 amide bonds. The lowest BCUT2D eigenvalue weighted by Gasteiger charge is -2.35. The smallest absolute Gasteiger partial charge is 0.263 e. The minimum absolute atomic E-state index is 0.101. The minimum atomic E-state index is -3.76. The van der Waals surface area contributed by atoms with Crippen molar-refractivity contribution in [3.8, 4) is 11.5 Å². The van der Waals surface area contributed by atoms with Crippen LogP contribution in [0.15, 0.2) is 72.8 Å². The normalized spacial score (nSPS) is 16.1. The van der Waals surface area contributed by atoms with Gasteiger partial charge in [0.25, 0.3) is 5.91 Å². The lowest BCUT2D eigenvalue weighted by molar-refractivity contribution is -0.128. The number of sulfonamides is 1. The number of methoxy groups -OCH3 is 1. The average molecular weight is 495 g/mol. The maximum atomic E-state index is 13.4. The maximum Gasteiger partial charge on any atom is 0.263 e. The van der Waals surface area contributed by atoms with E-state index in [2.05, 4.69) is 5.32 Å². The molecule has 0 saturated carbocycles. The SMILES string of the molecule is CC[C@H](NC(=O)[C@H]1CN(S(=O)(=O)Cc2ccccc2)c2ccccc2O1)c1ccc(OC)c(C)c1. The third-order valence-corrected chi connectivity index (χ3v) is 7.82. The zero-order chi connectivity index (χ0) is 25.0. The van der Waals surface area contributed by atoms with E-state index < -0.39 is 16.1 Å². The first-order valence-corrected chi connectivity index (χ1v) is 13.2. The van der Waals surface area contributed by atoms with E-state index in [1.54, 1.807) is 55.6 Å². The number of nitrogens with zero attached hydrogens (tertiary/aromatic N) is 1. The molecule has 184 valence electrons. The first kappa shape index (κ1) is 24.6. The van der Waals surface area contributed by atoms with Crippen LogP contribution in [0.3, 0.4) is 0 Å². The quantitative estimate of drug-likeness (QED) is 0.503. The molecule has 8 heteroatoms. The number of fused-ring (bicyclic) bond motifs is 1. The Morgan fingerprint density at radius 2 is 1.83 bits per heavy atom. The Morgan fingerprint density at radius 1 is 1.11 bits per heavy atom. The van der Waals surface area contributed by atoms with Gasteiger partial charge >= 0.3 is 0 Å². The Balaban J connectivity index is 1.57. The molecule has 0 aliphatic carbocycles. The molecule has 3 aromatic rings. The summed E-state index contributed by atoms with van der Waals surface area (Å²) in [5.74, 6) is 0.615. The zero-order valence-corrected chi connectivity index (χ0v) is 20.9. The maximum absolute atomic E-state index is 13.4. The van der Waals surface area contributed by atoms with Gasteiger partial charge in [-0.3, -0.25) is 9.10 Å². The molecule has 0 radical (unpaired) electrons. The van der Waals surface area contributed by atoms with Crippen LogP contribution in [0, 0.1) is 6.92 Å². The number of hydrogen-bond acceptors (Lipinski definition) is 5. The van der Waals surface area contributed by atoms with Crippen molar-refractivity contribution in [2.45, 2.75) is 38.2 Å². The van der Waals surface area contributed by atoms with E-state index in [-0.39, 0.29) is 24.2 Å². The van der Waals surface area contributed by atoms with Crippen molar-refractivity contribution in [1.82, 2.24) is 5.32 Å². The number of anilines is 1. The van der Waals surface area contributed by atoms with Crippen LogP contribution in [0.1, 0.15) is 36.1 Å². The number of aryl methyl sites for hydroxylation is 1. The summed E-state index contributed by atoms with van der Waals surface area (Å²) < 4.78 is 39.4. The van der Waals surface area contributed by atoms with E-state index in [4.69, 9.17) is 9.47 Å². The number of para-hydroxylation sites is 2. The van der Waals surface area contributed by atoms with Crippen molar-refractivity contribution in [2.24, 2.45) is 0 Å². The molecule has 0 bridgehead atoms. The average Bonchev–Trinajstić information content (AvgIpc) is 2.86. The Bertz CT molecular complexity index is 1290. The van der Waals surface area contributed by atoms with E-state index in [9.17, 15) is 13.2 Å². The molecule has 0 saturated heterocycles. The molecule has 1 aliphatic rings. The summed E-state index contributed by atoms with van der Waals surface area (Å²) >= 11 is 0. The first-order valence-electron chi connectivity index (χ1n) is 11.6. The second-order valence-electron chi connectivity index (χ2n) is 8.55. The molecule has 1 N–H and O–H groups in total. The molecule has 3 aromatic carbocycles. The summed E-state index contributed by atoms with van der Waals surface area (Å²) in [6.07, 6.45) is -0.319. The number of nitrogens with one attached hydrogen (secondary N) is 1. The predicted octanol–water partition coefficient (Wildman–Crippen LogP) is 4.37. The van der Waals surface area contributed by atoms with Gasteiger partial charge in [-0.25, -0.2) is 8.42 Å². The van der Waals surface area contributed by atoms with Crippen LogP contribution in [0.4, 0.5) is 5.69 Å². The number of rotatable bonds is 8. The minimum Gasteiger partial charge on any atom is -0.496 e. The van der Waals surface area contributed by atoms with Gasteiger partial charge < -0.3 is 14.8 Å². The highest BCUT2D eigenvalue weighted by molar-refractivity contribution is 7.92. The molecule has 0 aromatic heterocycles. The summed E-state index contributed by atoms with van der Waals surface area (Å²) in [6, 6.07) is 21.4. The van der Waals surface area contributed by atoms with Crippen molar-refractivity contribution in [3.05, 3.63) is 89.5 Å². The number of benzene rings is 3. The summed E-state index contributed by atoms with van der Waals surface area (Å²) in [4.78, 5) is 13.3. The topological polar surface area (TPSA) is 84.9 Å². The van der Waals surface area contributed by atoms with Crippen LogP contribution < -0.4 is 19.1 Å². The number of amides is 1. The number of ether oxygens (including phenoxy) is 2. The Labute approximate surface area is 206 Å². The molecular formula is C27H30N2O5S. The van der Waals surface area contributed by atoms with E-state index in [1.165, 1.54) is 4.31 Å². The van der Waals surface area contributed by atoms with Crippen LogP contribution in [0.25, 0.3) is 0 Å². The third kappa shape index (κ3) is 5.43. The second kappa shape index (κ2) is 10.4. The van der Waals surface area contributed by atoms with E-state index in [0.29, 0.717) is 23.4 Å². The standard InChI is InChI=1S/C27H30N2O5S/c1-4-22(21-14-15-24(33-3)19(2)16-21)28-27(30)26-17-29(23-12-8-9-13-25(23)34-26)35(31,32)18-20-10-6-5-7-11-20/h5-16,22,26H,4,17-18H2,1-3H3,(H,28,30)/t22-,26+/m0/s1. The fourth-order valence-corrected chi connectivity index (χ4v) is 5.85. The first-order chi connectivity index (χ1) is 16.8. The largest absolute Gasteiger partial charge is 0.496 e. The highest BCUT2D eigenvalue weighted by atomic mass is 32.2. The molecule has 35 heavy (non-hydrogen) atoms. The molecule has 1 aliphatic heterocycles. The number of hydrogen-bond donors (Lipinski definition) is 1. The van der Waals surface area contributed by atoms with Gasteiger partial charge in [-0.05, 0) is 48.2 Å². The van der Waals surface area contributed by atoms with Gasteiger partial charge in [0.15, 0.2) is 6.10 Å². The summed E-state index contributed by atoms with van der Waals surface area (Å²) in [5.41, 5.74) is 3.03. The summed E-state index contributed by atoms with van der Waals surface area (Å²) in [6.45, 7) is 3.84. The van der Waals surface area contributed by atoms with Gasteiger partial charge in [0.1, 0.15) is 11.5 Å². The Hall–Kier alpha value is -3.52. The molecule has 7 nitrogen and oxygen atoms in total. The van der Waals surface area contributed by atoms with Gasteiger partial charge in [-0.2, -0.15) is 0 Å². The monoisotopic (exact) mass is 494 g/mol. The van der Waals surface area contributed by atoms with Crippen LogP contribution in [0.5, 0.6) is 11.5 Å². The highest BCUT2D eigenvalue weighted by Crippen LogP contribution is 2.36. The fraction of sp³-hybridized carbons (Fsp3) is 0.296. The second-order valence-corrected chi connectivity index (χ2v) is 10.4. The highest BCUT2D eigenvalue weighted by Gasteiger charge is 2.37. The van der Waals surface area contributed by atoms with Gasteiger partial charge in [-0.15, -0.1) is 0 Å². The molecule has 4 rings (SSSR count). The number of carbonyl (C=O) groups is 1. The predicted molar refractivity (Wildman–Crippen MR) is 136 cm³/mol. The molecular weight excluding hydrogens is 464 g/mol. The summed E-state index contributed by atoms with van der Waals surface area (Å²) in [5, 5.41) is 3.04. The molecule has 0 spiro atoms. The van der Waals surface area contributed by atoms with Crippen molar-refractivity contribution in [3.63, 3.8) is 0 Å². The van der Waals surface area contributed by atoms with Gasteiger partial charge in [0.2, 0.25) is 10.0 Å². The van der Waals surface area contributed by atoms with Gasteiger partial charge in [-0.1, -0.05) is 61.5 Å².